The Kier molecular flexibility index (Phi) is 7.24. The number of benzene rings is 2. The molecule has 0 aliphatic rings. The van der Waals surface area contributed by atoms with Gasteiger partial charge in [0, 0.05) is 31.2 Å². The molecule has 10 nitrogen and oxygen atoms in total. The van der Waals surface area contributed by atoms with Gasteiger partial charge in [-0.15, -0.1) is 0 Å². The fourth-order valence-electron chi connectivity index (χ4n) is 3.41. The highest BCUT2D eigenvalue weighted by molar-refractivity contribution is 7.89. The van der Waals surface area contributed by atoms with Crippen molar-refractivity contribution in [2.75, 3.05) is 25.5 Å². The summed E-state index contributed by atoms with van der Waals surface area (Å²) in [4.78, 5) is 37.8. The van der Waals surface area contributed by atoms with Gasteiger partial charge in [-0.25, -0.2) is 13.1 Å². The van der Waals surface area contributed by atoms with Crippen LogP contribution in [-0.2, 0) is 21.4 Å². The number of amides is 2. The summed E-state index contributed by atoms with van der Waals surface area (Å²) in [6.45, 7) is 3.67. The minimum absolute atomic E-state index is 0.0211. The minimum Gasteiger partial charge on any atom is -0.354 e. The number of carbonyl (C=O) groups excluding carboxylic acids is 2. The topological polar surface area (TPSA) is 130 Å². The third-order valence-corrected chi connectivity index (χ3v) is 7.11. The maximum atomic E-state index is 12.8. The van der Waals surface area contributed by atoms with Crippen molar-refractivity contribution in [2.45, 2.75) is 25.3 Å². The van der Waals surface area contributed by atoms with Gasteiger partial charge in [-0.2, -0.15) is 9.40 Å². The van der Waals surface area contributed by atoms with Crippen molar-refractivity contribution < 1.29 is 18.0 Å². The molecule has 2 amide bonds. The fourth-order valence-corrected chi connectivity index (χ4v) is 4.92. The zero-order valence-electron chi connectivity index (χ0n) is 18.5. The Balaban J connectivity index is 1.90. The van der Waals surface area contributed by atoms with Crippen molar-refractivity contribution in [2.24, 2.45) is 0 Å². The molecule has 0 spiro atoms. The first kappa shape index (κ1) is 24.1. The van der Waals surface area contributed by atoms with Gasteiger partial charge in [0.05, 0.1) is 10.3 Å². The molecule has 3 aromatic rings. The van der Waals surface area contributed by atoms with E-state index in [-0.39, 0.29) is 21.7 Å². The molecule has 0 aliphatic carbocycles. The summed E-state index contributed by atoms with van der Waals surface area (Å²) in [6.07, 6.45) is 0. The molecule has 2 N–H and O–H groups in total. The zero-order valence-corrected chi connectivity index (χ0v) is 19.3. The molecule has 0 saturated heterocycles. The number of nitrogens with one attached hydrogen (secondary N) is 2. The largest absolute Gasteiger partial charge is 0.354 e. The van der Waals surface area contributed by atoms with Crippen molar-refractivity contribution in [3.63, 3.8) is 0 Å². The molecule has 0 fully saturated rings. The van der Waals surface area contributed by atoms with E-state index in [9.17, 15) is 22.8 Å². The van der Waals surface area contributed by atoms with E-state index in [1.807, 2.05) is 0 Å². The van der Waals surface area contributed by atoms with E-state index in [1.54, 1.807) is 44.2 Å². The maximum absolute atomic E-state index is 12.8. The van der Waals surface area contributed by atoms with E-state index in [1.165, 1.54) is 29.6 Å². The van der Waals surface area contributed by atoms with Crippen LogP contribution in [0.5, 0.6) is 0 Å². The Morgan fingerprint density at radius 3 is 2.33 bits per heavy atom. The smallest absolute Gasteiger partial charge is 0.275 e. The Morgan fingerprint density at radius 2 is 1.70 bits per heavy atom. The first-order valence-electron chi connectivity index (χ1n) is 10.3. The van der Waals surface area contributed by atoms with Gasteiger partial charge in [0.1, 0.15) is 6.54 Å². The number of hydrogen-bond donors (Lipinski definition) is 2. The van der Waals surface area contributed by atoms with Gasteiger partial charge < -0.3 is 10.6 Å². The highest BCUT2D eigenvalue weighted by Crippen LogP contribution is 2.19. The molecule has 0 atom stereocenters. The summed E-state index contributed by atoms with van der Waals surface area (Å²) in [6, 6.07) is 12.4. The molecule has 2 aromatic carbocycles. The van der Waals surface area contributed by atoms with Gasteiger partial charge in [-0.1, -0.05) is 38.1 Å². The van der Waals surface area contributed by atoms with E-state index in [4.69, 9.17) is 0 Å². The average molecular weight is 472 g/mol. The van der Waals surface area contributed by atoms with Crippen LogP contribution in [-0.4, -0.2) is 54.5 Å². The second-order valence-electron chi connectivity index (χ2n) is 7.10. The number of hydrogen-bond acceptors (Lipinski definition) is 6. The van der Waals surface area contributed by atoms with E-state index in [0.717, 1.165) is 4.68 Å². The standard InChI is InChI=1S/C22H25N5O5S/c1-4-26(5-2)33(31,32)16-10-8-9-15(13-16)24-19(28)14-27-22(30)18-12-7-6-11-17(18)20(25-27)21(29)23-3/h6-13H,4-5,14H2,1-3H3,(H,23,29)(H,24,28). The van der Waals surface area contributed by atoms with Crippen LogP contribution >= 0.6 is 0 Å². The van der Waals surface area contributed by atoms with Crippen molar-refractivity contribution in [1.29, 1.82) is 0 Å². The predicted octanol–water partition coefficient (Wildman–Crippen LogP) is 1.43. The van der Waals surface area contributed by atoms with Crippen LogP contribution < -0.4 is 16.2 Å². The van der Waals surface area contributed by atoms with Gasteiger partial charge in [-0.3, -0.25) is 14.4 Å². The van der Waals surface area contributed by atoms with Crippen LogP contribution in [0.4, 0.5) is 5.69 Å². The van der Waals surface area contributed by atoms with Crippen LogP contribution in [0, 0.1) is 0 Å². The number of rotatable bonds is 8. The molecule has 0 aliphatic heterocycles. The lowest BCUT2D eigenvalue weighted by Crippen LogP contribution is -2.33. The Labute approximate surface area is 191 Å². The first-order valence-corrected chi connectivity index (χ1v) is 11.8. The molecule has 1 heterocycles. The van der Waals surface area contributed by atoms with Crippen LogP contribution in [0.2, 0.25) is 0 Å². The number of carbonyl (C=O) groups is 2. The molecule has 0 unspecified atom stereocenters. The highest BCUT2D eigenvalue weighted by Gasteiger charge is 2.22. The molecule has 11 heteroatoms. The second kappa shape index (κ2) is 9.92. The highest BCUT2D eigenvalue weighted by atomic mass is 32.2. The van der Waals surface area contributed by atoms with Gasteiger partial charge >= 0.3 is 0 Å². The molecule has 1 aromatic heterocycles. The molecule has 0 saturated carbocycles. The predicted molar refractivity (Wildman–Crippen MR) is 125 cm³/mol. The lowest BCUT2D eigenvalue weighted by molar-refractivity contribution is -0.117. The van der Waals surface area contributed by atoms with Crippen molar-refractivity contribution >= 4 is 38.3 Å². The summed E-state index contributed by atoms with van der Waals surface area (Å²) in [5.41, 5.74) is -0.243. The molecule has 33 heavy (non-hydrogen) atoms. The minimum atomic E-state index is -3.70. The number of nitrogens with zero attached hydrogens (tertiary/aromatic N) is 3. The van der Waals surface area contributed by atoms with E-state index < -0.39 is 33.9 Å². The number of aromatic nitrogens is 2. The quantitative estimate of drug-likeness (QED) is 0.511. The summed E-state index contributed by atoms with van der Waals surface area (Å²) < 4.78 is 27.7. The van der Waals surface area contributed by atoms with Crippen molar-refractivity contribution in [3.8, 4) is 0 Å². The Morgan fingerprint density at radius 1 is 1.03 bits per heavy atom. The molecule has 3 rings (SSSR count). The van der Waals surface area contributed by atoms with Gasteiger partial charge in [0.15, 0.2) is 5.69 Å². The molecular formula is C22H25N5O5S. The van der Waals surface area contributed by atoms with Crippen LogP contribution in [0.3, 0.4) is 0 Å². The maximum Gasteiger partial charge on any atom is 0.275 e. The van der Waals surface area contributed by atoms with Gasteiger partial charge in [0.2, 0.25) is 15.9 Å². The number of fused-ring (bicyclic) bond motifs is 1. The van der Waals surface area contributed by atoms with E-state index in [2.05, 4.69) is 15.7 Å². The van der Waals surface area contributed by atoms with Gasteiger partial charge in [-0.05, 0) is 24.3 Å². The number of sulfonamides is 1. The van der Waals surface area contributed by atoms with Crippen LogP contribution in [0.25, 0.3) is 10.8 Å². The van der Waals surface area contributed by atoms with Crippen LogP contribution in [0.15, 0.2) is 58.2 Å². The average Bonchev–Trinajstić information content (AvgIpc) is 2.81. The van der Waals surface area contributed by atoms with Crippen LogP contribution in [0.1, 0.15) is 24.3 Å². The Hall–Kier alpha value is -3.57. The molecule has 0 bridgehead atoms. The summed E-state index contributed by atoms with van der Waals surface area (Å²) >= 11 is 0. The van der Waals surface area contributed by atoms with E-state index >= 15 is 0 Å². The lowest BCUT2D eigenvalue weighted by Gasteiger charge is -2.19. The summed E-state index contributed by atoms with van der Waals surface area (Å²) in [7, 11) is -2.25. The molecule has 0 radical (unpaired) electrons. The Bertz CT molecular complexity index is 1360. The van der Waals surface area contributed by atoms with Gasteiger partial charge in [0.25, 0.3) is 11.5 Å². The zero-order chi connectivity index (χ0) is 24.2. The summed E-state index contributed by atoms with van der Waals surface area (Å²) in [5.74, 6) is -1.09. The van der Waals surface area contributed by atoms with Crippen molar-refractivity contribution in [3.05, 3.63) is 64.6 Å². The normalized spacial score (nSPS) is 11.5. The number of anilines is 1. The first-order chi connectivity index (χ1) is 15.7. The molecule has 174 valence electrons. The fraction of sp³-hybridized carbons (Fsp3) is 0.273. The summed E-state index contributed by atoms with van der Waals surface area (Å²) in [5, 5.41) is 9.79. The van der Waals surface area contributed by atoms with Crippen molar-refractivity contribution in [1.82, 2.24) is 19.4 Å². The lowest BCUT2D eigenvalue weighted by atomic mass is 10.1. The van der Waals surface area contributed by atoms with E-state index in [0.29, 0.717) is 18.5 Å². The monoisotopic (exact) mass is 471 g/mol. The molecular weight excluding hydrogens is 446 g/mol. The third kappa shape index (κ3) is 4.94. The SMILES string of the molecule is CCN(CC)S(=O)(=O)c1cccc(NC(=O)Cn2nc(C(=O)NC)c3ccccc3c2=O)c1. The second-order valence-corrected chi connectivity index (χ2v) is 9.04. The third-order valence-electron chi connectivity index (χ3n) is 5.06.